The first-order valence-electron chi connectivity index (χ1n) is 8.10. The van der Waals surface area contributed by atoms with Crippen molar-refractivity contribution >= 4 is 17.8 Å². The van der Waals surface area contributed by atoms with Gasteiger partial charge in [0.15, 0.2) is 5.82 Å². The van der Waals surface area contributed by atoms with E-state index in [2.05, 4.69) is 20.6 Å². The maximum Gasteiger partial charge on any atom is 0.308 e. The Kier molecular flexibility index (Phi) is 7.69. The summed E-state index contributed by atoms with van der Waals surface area (Å²) in [5.74, 6) is -1.96. The summed E-state index contributed by atoms with van der Waals surface area (Å²) < 4.78 is 17.9. The molecule has 1 aromatic heterocycles. The topological polar surface area (TPSA) is 133 Å². The van der Waals surface area contributed by atoms with Gasteiger partial charge in [0.25, 0.3) is 5.91 Å². The molecule has 10 heteroatoms. The molecular weight excluding hydrogens is 347 g/mol. The number of nitrogens with one attached hydrogen (secondary N) is 3. The third-order valence-corrected chi connectivity index (χ3v) is 3.21. The van der Waals surface area contributed by atoms with Crippen LogP contribution in [0.4, 0.5) is 4.39 Å². The molecule has 9 nitrogen and oxygen atoms in total. The van der Waals surface area contributed by atoms with Gasteiger partial charge in [-0.2, -0.15) is 0 Å². The summed E-state index contributed by atoms with van der Waals surface area (Å²) in [7, 11) is 0. The molecule has 1 rings (SSSR count). The van der Waals surface area contributed by atoms with Gasteiger partial charge in [-0.3, -0.25) is 14.4 Å². The van der Waals surface area contributed by atoms with Gasteiger partial charge in [0.05, 0.1) is 12.5 Å². The van der Waals surface area contributed by atoms with E-state index in [0.717, 1.165) is 0 Å². The Labute approximate surface area is 150 Å². The summed E-state index contributed by atoms with van der Waals surface area (Å²) >= 11 is 0. The van der Waals surface area contributed by atoms with E-state index >= 15 is 0 Å². The van der Waals surface area contributed by atoms with Gasteiger partial charge in [-0.25, -0.2) is 9.37 Å². The Bertz CT molecular complexity index is 615. The number of rotatable bonds is 8. The van der Waals surface area contributed by atoms with Crippen LogP contribution in [0, 0.1) is 0 Å². The fraction of sp³-hybridized carbons (Fsp3) is 0.625. The van der Waals surface area contributed by atoms with Gasteiger partial charge in [0.2, 0.25) is 5.91 Å². The third-order valence-electron chi connectivity index (χ3n) is 3.21. The van der Waals surface area contributed by atoms with Gasteiger partial charge < -0.3 is 25.5 Å². The molecule has 0 fully saturated rings. The van der Waals surface area contributed by atoms with Crippen molar-refractivity contribution in [2.75, 3.05) is 6.67 Å². The summed E-state index contributed by atoms with van der Waals surface area (Å²) in [6.07, 6.45) is 0.842. The van der Waals surface area contributed by atoms with Crippen molar-refractivity contribution in [1.82, 2.24) is 20.6 Å². The predicted octanol–water partition coefficient (Wildman–Crippen LogP) is 0.0750. The molecule has 0 aliphatic rings. The standard InChI is InChI=1S/C16H25FN4O5/c1-9(20-15(25)13-18-5-6-19-13)14(24)21-10(11(22)8-17)7-12(23)26-16(2,3)4/h5-6,9-11,22H,7-8H2,1-4H3,(H,18,19)(H,20,25)(H,21,24)/t9-,10-,11+/m0/s1. The molecule has 2 amide bonds. The number of carbonyl (C=O) groups is 3. The first-order chi connectivity index (χ1) is 12.0. The number of amides is 2. The number of imidazole rings is 1. The van der Waals surface area contributed by atoms with Gasteiger partial charge in [-0.05, 0) is 27.7 Å². The Morgan fingerprint density at radius 3 is 2.50 bits per heavy atom. The fourth-order valence-corrected chi connectivity index (χ4v) is 1.98. The maximum atomic E-state index is 12.8. The Morgan fingerprint density at radius 2 is 2.00 bits per heavy atom. The summed E-state index contributed by atoms with van der Waals surface area (Å²) in [6, 6.07) is -2.19. The number of esters is 1. The van der Waals surface area contributed by atoms with E-state index in [0.29, 0.717) is 0 Å². The first kappa shape index (κ1) is 21.6. The number of nitrogens with zero attached hydrogens (tertiary/aromatic N) is 1. The number of hydrogen-bond donors (Lipinski definition) is 4. The molecule has 0 bridgehead atoms. The zero-order valence-electron chi connectivity index (χ0n) is 15.2. The van der Waals surface area contributed by atoms with Crippen LogP contribution in [0.25, 0.3) is 0 Å². The largest absolute Gasteiger partial charge is 0.460 e. The minimum atomic E-state index is -1.58. The van der Waals surface area contributed by atoms with E-state index in [1.54, 1.807) is 20.8 Å². The van der Waals surface area contributed by atoms with E-state index in [9.17, 15) is 23.9 Å². The second-order valence-electron chi connectivity index (χ2n) is 6.76. The highest BCUT2D eigenvalue weighted by molar-refractivity contribution is 5.94. The lowest BCUT2D eigenvalue weighted by atomic mass is 10.1. The summed E-state index contributed by atoms with van der Waals surface area (Å²) in [6.45, 7) is 5.24. The van der Waals surface area contributed by atoms with Crippen molar-refractivity contribution in [3.63, 3.8) is 0 Å². The van der Waals surface area contributed by atoms with E-state index in [-0.39, 0.29) is 5.82 Å². The number of aromatic nitrogens is 2. The number of aromatic amines is 1. The number of H-pyrrole nitrogens is 1. The maximum absolute atomic E-state index is 12.8. The highest BCUT2D eigenvalue weighted by Gasteiger charge is 2.29. The molecule has 0 aromatic carbocycles. The second-order valence-corrected chi connectivity index (χ2v) is 6.76. The molecule has 0 aliphatic heterocycles. The average Bonchev–Trinajstić information content (AvgIpc) is 3.05. The molecule has 0 aliphatic carbocycles. The predicted molar refractivity (Wildman–Crippen MR) is 89.9 cm³/mol. The molecule has 1 aromatic rings. The zero-order chi connectivity index (χ0) is 19.9. The molecule has 26 heavy (non-hydrogen) atoms. The number of aliphatic hydroxyl groups is 1. The molecule has 0 saturated heterocycles. The van der Waals surface area contributed by atoms with Crippen LogP contribution in [0.5, 0.6) is 0 Å². The lowest BCUT2D eigenvalue weighted by Crippen LogP contribution is -2.52. The number of alkyl halides is 1. The Balaban J connectivity index is 2.66. The van der Waals surface area contributed by atoms with Crippen molar-refractivity contribution in [3.05, 3.63) is 18.2 Å². The molecular formula is C16H25FN4O5. The monoisotopic (exact) mass is 372 g/mol. The first-order valence-corrected chi connectivity index (χ1v) is 8.10. The van der Waals surface area contributed by atoms with Gasteiger partial charge in [-0.15, -0.1) is 0 Å². The van der Waals surface area contributed by atoms with Crippen LogP contribution in [0.1, 0.15) is 44.7 Å². The van der Waals surface area contributed by atoms with Crippen molar-refractivity contribution < 1.29 is 28.6 Å². The zero-order valence-corrected chi connectivity index (χ0v) is 15.2. The van der Waals surface area contributed by atoms with Crippen molar-refractivity contribution in [3.8, 4) is 0 Å². The Hall–Kier alpha value is -2.49. The number of carbonyl (C=O) groups excluding carboxylic acids is 3. The average molecular weight is 372 g/mol. The number of halogens is 1. The SMILES string of the molecule is C[C@H](NC(=O)c1ncc[nH]1)C(=O)N[C@@H](CC(=O)OC(C)(C)C)[C@H](O)CF. The van der Waals surface area contributed by atoms with Gasteiger partial charge in [0.1, 0.15) is 24.4 Å². The van der Waals surface area contributed by atoms with Crippen LogP contribution in [-0.4, -0.2) is 63.3 Å². The number of ether oxygens (including phenoxy) is 1. The fourth-order valence-electron chi connectivity index (χ4n) is 1.98. The van der Waals surface area contributed by atoms with Crippen molar-refractivity contribution in [2.45, 2.75) is 57.9 Å². The number of aliphatic hydroxyl groups excluding tert-OH is 1. The van der Waals surface area contributed by atoms with E-state index in [1.807, 2.05) is 0 Å². The molecule has 1 heterocycles. The van der Waals surface area contributed by atoms with Crippen molar-refractivity contribution in [1.29, 1.82) is 0 Å². The van der Waals surface area contributed by atoms with Crippen LogP contribution in [0.15, 0.2) is 12.4 Å². The number of hydrogen-bond acceptors (Lipinski definition) is 6. The van der Waals surface area contributed by atoms with Crippen LogP contribution in [0.2, 0.25) is 0 Å². The lowest BCUT2D eigenvalue weighted by Gasteiger charge is -2.26. The third kappa shape index (κ3) is 7.18. The Morgan fingerprint density at radius 1 is 1.35 bits per heavy atom. The van der Waals surface area contributed by atoms with Gasteiger partial charge in [0, 0.05) is 12.4 Å². The normalized spacial score (nSPS) is 14.8. The van der Waals surface area contributed by atoms with Gasteiger partial charge >= 0.3 is 5.97 Å². The molecule has 146 valence electrons. The molecule has 0 radical (unpaired) electrons. The second kappa shape index (κ2) is 9.27. The van der Waals surface area contributed by atoms with Crippen LogP contribution < -0.4 is 10.6 Å². The lowest BCUT2D eigenvalue weighted by molar-refractivity contribution is -0.156. The van der Waals surface area contributed by atoms with Crippen LogP contribution in [-0.2, 0) is 14.3 Å². The molecule has 3 atom stereocenters. The summed E-state index contributed by atoms with van der Waals surface area (Å²) in [5.41, 5.74) is -0.753. The minimum Gasteiger partial charge on any atom is -0.460 e. The highest BCUT2D eigenvalue weighted by Crippen LogP contribution is 2.11. The van der Waals surface area contributed by atoms with Crippen LogP contribution >= 0.6 is 0 Å². The van der Waals surface area contributed by atoms with Crippen molar-refractivity contribution in [2.24, 2.45) is 0 Å². The summed E-state index contributed by atoms with van der Waals surface area (Å²) in [5, 5.41) is 14.5. The molecule has 0 unspecified atom stereocenters. The van der Waals surface area contributed by atoms with E-state index < -0.39 is 54.7 Å². The van der Waals surface area contributed by atoms with Crippen LogP contribution in [0.3, 0.4) is 0 Å². The highest BCUT2D eigenvalue weighted by atomic mass is 19.1. The molecule has 4 N–H and O–H groups in total. The van der Waals surface area contributed by atoms with Gasteiger partial charge in [-0.1, -0.05) is 0 Å². The molecule has 0 saturated carbocycles. The molecule has 0 spiro atoms. The van der Waals surface area contributed by atoms with E-state index in [4.69, 9.17) is 4.74 Å². The summed E-state index contributed by atoms with van der Waals surface area (Å²) in [4.78, 5) is 42.3. The minimum absolute atomic E-state index is 0.0266. The smallest absolute Gasteiger partial charge is 0.308 e. The quantitative estimate of drug-likeness (QED) is 0.478. The van der Waals surface area contributed by atoms with E-state index in [1.165, 1.54) is 19.3 Å².